The van der Waals surface area contributed by atoms with Crippen LogP contribution in [0.5, 0.6) is 5.75 Å². The molecule has 1 amide bonds. The highest BCUT2D eigenvalue weighted by molar-refractivity contribution is 7.13. The van der Waals surface area contributed by atoms with Crippen LogP contribution in [0.15, 0.2) is 66.0 Å². The third-order valence-electron chi connectivity index (χ3n) is 5.35. The molecule has 4 rings (SSSR count). The first-order valence-electron chi connectivity index (χ1n) is 10.8. The molecule has 176 valence electrons. The summed E-state index contributed by atoms with van der Waals surface area (Å²) in [7, 11) is 1.66. The highest BCUT2D eigenvalue weighted by Crippen LogP contribution is 2.22. The van der Waals surface area contributed by atoms with Gasteiger partial charge < -0.3 is 10.1 Å². The van der Waals surface area contributed by atoms with E-state index in [0.29, 0.717) is 12.2 Å². The van der Waals surface area contributed by atoms with Crippen LogP contribution in [-0.2, 0) is 19.5 Å². The van der Waals surface area contributed by atoms with E-state index in [2.05, 4.69) is 57.0 Å². The molecule has 2 aromatic carbocycles. The summed E-state index contributed by atoms with van der Waals surface area (Å²) < 4.78 is 18.4. The van der Waals surface area contributed by atoms with Crippen LogP contribution in [0.2, 0.25) is 0 Å². The number of benzene rings is 2. The molecule has 1 N–H and O–H groups in total. The molecule has 0 saturated carbocycles. The molecule has 2 aromatic heterocycles. The number of carbonyl (C=O) groups excluding carboxylic acids is 1. The number of thiophene rings is 1. The fourth-order valence-electron chi connectivity index (χ4n) is 3.48. The third-order valence-corrected chi connectivity index (χ3v) is 7.15. The smallest absolute Gasteiger partial charge is 0.286 e. The van der Waals surface area contributed by atoms with Crippen molar-refractivity contribution in [1.29, 1.82) is 0 Å². The van der Waals surface area contributed by atoms with Gasteiger partial charge in [-0.25, -0.2) is 4.39 Å². The number of aromatic nitrogens is 2. The number of anilines is 1. The molecule has 0 unspecified atom stereocenters. The van der Waals surface area contributed by atoms with E-state index in [1.807, 2.05) is 12.1 Å². The number of methoxy groups -OCH3 is 1. The van der Waals surface area contributed by atoms with E-state index in [1.165, 1.54) is 40.5 Å². The van der Waals surface area contributed by atoms with Crippen LogP contribution in [0.1, 0.15) is 32.2 Å². The number of rotatable bonds is 10. The molecule has 0 radical (unpaired) electrons. The topological polar surface area (TPSA) is 67.3 Å². The van der Waals surface area contributed by atoms with Gasteiger partial charge in [0.1, 0.15) is 16.6 Å². The summed E-state index contributed by atoms with van der Waals surface area (Å²) in [5.41, 5.74) is 1.67. The van der Waals surface area contributed by atoms with E-state index in [4.69, 9.17) is 4.74 Å². The van der Waals surface area contributed by atoms with E-state index in [9.17, 15) is 9.18 Å². The highest BCUT2D eigenvalue weighted by Gasteiger charge is 2.20. The Hall–Kier alpha value is -3.14. The van der Waals surface area contributed by atoms with Crippen molar-refractivity contribution in [3.63, 3.8) is 0 Å². The van der Waals surface area contributed by atoms with Crippen LogP contribution in [0.4, 0.5) is 10.1 Å². The van der Waals surface area contributed by atoms with Gasteiger partial charge in [0, 0.05) is 23.2 Å². The van der Waals surface area contributed by atoms with Crippen LogP contribution in [-0.4, -0.2) is 34.2 Å². The summed E-state index contributed by atoms with van der Waals surface area (Å²) in [5.74, 6) is 0.108. The molecule has 2 heterocycles. The molecule has 1 atom stereocenters. The Labute approximate surface area is 206 Å². The fourth-order valence-corrected chi connectivity index (χ4v) is 5.07. The van der Waals surface area contributed by atoms with E-state index in [-0.39, 0.29) is 22.8 Å². The van der Waals surface area contributed by atoms with Crippen molar-refractivity contribution in [3.8, 4) is 5.75 Å². The standard InChI is InChI=1S/C25H25FN4O2S2/c1-17(14-22-4-3-13-33-22)30(15-18-5-11-21(32-2)12-6-18)16-23-28-29-25(34-23)24(31)27-20-9-7-19(26)8-10-20/h3-13,17H,14-16H2,1-2H3,(H,27,31)/t17-/m1/s1. The van der Waals surface area contributed by atoms with Crippen molar-refractivity contribution >= 4 is 34.3 Å². The maximum atomic E-state index is 13.1. The molecule has 34 heavy (non-hydrogen) atoms. The molecule has 0 aliphatic heterocycles. The van der Waals surface area contributed by atoms with E-state index in [0.717, 1.165) is 29.3 Å². The lowest BCUT2D eigenvalue weighted by Crippen LogP contribution is -2.33. The van der Waals surface area contributed by atoms with Crippen molar-refractivity contribution in [2.45, 2.75) is 32.5 Å². The zero-order valence-corrected chi connectivity index (χ0v) is 20.5. The minimum atomic E-state index is -0.358. The lowest BCUT2D eigenvalue weighted by Gasteiger charge is -2.28. The predicted molar refractivity (Wildman–Crippen MR) is 134 cm³/mol. The molecule has 0 saturated heterocycles. The van der Waals surface area contributed by atoms with Crippen molar-refractivity contribution in [1.82, 2.24) is 15.1 Å². The first kappa shape index (κ1) is 24.0. The largest absolute Gasteiger partial charge is 0.497 e. The second kappa shape index (κ2) is 11.3. The second-order valence-electron chi connectivity index (χ2n) is 7.85. The summed E-state index contributed by atoms with van der Waals surface area (Å²) >= 11 is 3.02. The zero-order valence-electron chi connectivity index (χ0n) is 18.9. The van der Waals surface area contributed by atoms with Gasteiger partial charge in [-0.1, -0.05) is 29.5 Å². The molecule has 0 bridgehead atoms. The maximum absolute atomic E-state index is 13.1. The average Bonchev–Trinajstić information content (AvgIpc) is 3.53. The monoisotopic (exact) mass is 496 g/mol. The second-order valence-corrected chi connectivity index (χ2v) is 9.94. The Kier molecular flexibility index (Phi) is 7.99. The minimum absolute atomic E-state index is 0.251. The number of hydrogen-bond donors (Lipinski definition) is 1. The van der Waals surface area contributed by atoms with Gasteiger partial charge in [-0.05, 0) is 66.8 Å². The maximum Gasteiger partial charge on any atom is 0.286 e. The summed E-state index contributed by atoms with van der Waals surface area (Å²) in [4.78, 5) is 16.2. The number of nitrogens with one attached hydrogen (secondary N) is 1. The normalized spacial score (nSPS) is 12.0. The van der Waals surface area contributed by atoms with E-state index < -0.39 is 0 Å². The van der Waals surface area contributed by atoms with E-state index >= 15 is 0 Å². The number of carbonyl (C=O) groups is 1. The van der Waals surface area contributed by atoms with Crippen molar-refractivity contribution < 1.29 is 13.9 Å². The summed E-state index contributed by atoms with van der Waals surface area (Å²) in [5, 5.41) is 14.2. The SMILES string of the molecule is COc1ccc(CN(Cc2nnc(C(=O)Nc3ccc(F)cc3)s2)[C@H](C)Cc2cccs2)cc1. The van der Waals surface area contributed by atoms with Gasteiger partial charge in [-0.3, -0.25) is 9.69 Å². The first-order chi connectivity index (χ1) is 16.5. The molecular formula is C25H25FN4O2S2. The Morgan fingerprint density at radius 1 is 1.09 bits per heavy atom. The molecule has 9 heteroatoms. The minimum Gasteiger partial charge on any atom is -0.497 e. The van der Waals surface area contributed by atoms with Crippen molar-refractivity contribution in [3.05, 3.63) is 92.3 Å². The number of hydrogen-bond acceptors (Lipinski definition) is 7. The summed E-state index contributed by atoms with van der Waals surface area (Å²) in [6, 6.07) is 18.1. The van der Waals surface area contributed by atoms with Gasteiger partial charge in [-0.2, -0.15) is 0 Å². The number of ether oxygens (including phenoxy) is 1. The quantitative estimate of drug-likeness (QED) is 0.308. The average molecular weight is 497 g/mol. The predicted octanol–water partition coefficient (Wildman–Crippen LogP) is 5.63. The molecule has 4 aromatic rings. The third kappa shape index (κ3) is 6.47. The van der Waals surface area contributed by atoms with Gasteiger partial charge in [0.2, 0.25) is 5.01 Å². The summed E-state index contributed by atoms with van der Waals surface area (Å²) in [6.07, 6.45) is 0.921. The lowest BCUT2D eigenvalue weighted by atomic mass is 10.1. The Balaban J connectivity index is 1.46. The van der Waals surface area contributed by atoms with Crippen LogP contribution in [0.25, 0.3) is 0 Å². The number of amides is 1. The molecular weight excluding hydrogens is 471 g/mol. The molecule has 0 aliphatic rings. The summed E-state index contributed by atoms with van der Waals surface area (Å²) in [6.45, 7) is 3.50. The molecule has 0 aliphatic carbocycles. The van der Waals surface area contributed by atoms with Gasteiger partial charge in [0.25, 0.3) is 5.91 Å². The van der Waals surface area contributed by atoms with Crippen molar-refractivity contribution in [2.75, 3.05) is 12.4 Å². The van der Waals surface area contributed by atoms with E-state index in [1.54, 1.807) is 18.4 Å². The lowest BCUT2D eigenvalue weighted by molar-refractivity contribution is 0.102. The Morgan fingerprint density at radius 2 is 1.85 bits per heavy atom. The Morgan fingerprint density at radius 3 is 2.53 bits per heavy atom. The molecule has 0 fully saturated rings. The van der Waals surface area contributed by atoms with Crippen molar-refractivity contribution in [2.24, 2.45) is 0 Å². The highest BCUT2D eigenvalue weighted by atomic mass is 32.1. The molecule has 0 spiro atoms. The zero-order chi connectivity index (χ0) is 23.9. The molecule has 6 nitrogen and oxygen atoms in total. The van der Waals surface area contributed by atoms with Gasteiger partial charge >= 0.3 is 0 Å². The van der Waals surface area contributed by atoms with Crippen LogP contribution in [0, 0.1) is 5.82 Å². The Bertz CT molecular complexity index is 1190. The van der Waals surface area contributed by atoms with Gasteiger partial charge in [-0.15, -0.1) is 21.5 Å². The van der Waals surface area contributed by atoms with Gasteiger partial charge in [0.05, 0.1) is 13.7 Å². The number of halogens is 1. The first-order valence-corrected chi connectivity index (χ1v) is 12.5. The van der Waals surface area contributed by atoms with Crippen LogP contribution < -0.4 is 10.1 Å². The van der Waals surface area contributed by atoms with Crippen LogP contribution in [0.3, 0.4) is 0 Å². The fraction of sp³-hybridized carbons (Fsp3) is 0.240. The van der Waals surface area contributed by atoms with Gasteiger partial charge in [0.15, 0.2) is 0 Å². The number of nitrogens with zero attached hydrogens (tertiary/aromatic N) is 3. The van der Waals surface area contributed by atoms with Crippen LogP contribution >= 0.6 is 22.7 Å².